The zero-order chi connectivity index (χ0) is 17.7. The quantitative estimate of drug-likeness (QED) is 0.846. The molecule has 0 saturated heterocycles. The fraction of sp³-hybridized carbons (Fsp3) is 0.412. The van der Waals surface area contributed by atoms with Gasteiger partial charge in [-0.25, -0.2) is 8.78 Å². The third kappa shape index (κ3) is 4.78. The standard InChI is InChI=1S/C17H22F2N4O/c1-12-14(10-21-23(12)11-16(18)19)9-20-15-6-4-5-13(7-15)8-17(24)22(2)3/h4-7,10,16,20H,8-9,11H2,1-3H3. The van der Waals surface area contributed by atoms with Gasteiger partial charge in [0.15, 0.2) is 0 Å². The Kier molecular flexibility index (Phi) is 5.89. The highest BCUT2D eigenvalue weighted by molar-refractivity contribution is 5.78. The maximum Gasteiger partial charge on any atom is 0.257 e. The molecule has 0 saturated carbocycles. The summed E-state index contributed by atoms with van der Waals surface area (Å²) in [5.41, 5.74) is 3.39. The minimum absolute atomic E-state index is 0.0382. The van der Waals surface area contributed by atoms with Crippen molar-refractivity contribution in [3.8, 4) is 0 Å². The number of rotatable bonds is 7. The summed E-state index contributed by atoms with van der Waals surface area (Å²) in [6.45, 7) is 1.87. The second-order valence-electron chi connectivity index (χ2n) is 5.85. The van der Waals surface area contributed by atoms with E-state index in [1.165, 1.54) is 4.68 Å². The number of nitrogens with zero attached hydrogens (tertiary/aromatic N) is 3. The Balaban J connectivity index is 2.00. The van der Waals surface area contributed by atoms with Crippen molar-refractivity contribution in [1.82, 2.24) is 14.7 Å². The van der Waals surface area contributed by atoms with Gasteiger partial charge in [0.05, 0.1) is 12.6 Å². The summed E-state index contributed by atoms with van der Waals surface area (Å²) in [7, 11) is 3.45. The van der Waals surface area contributed by atoms with Crippen molar-refractivity contribution < 1.29 is 13.6 Å². The van der Waals surface area contributed by atoms with Crippen LogP contribution in [0.4, 0.5) is 14.5 Å². The number of carbonyl (C=O) groups is 1. The smallest absolute Gasteiger partial charge is 0.257 e. The summed E-state index contributed by atoms with van der Waals surface area (Å²) in [4.78, 5) is 13.3. The molecule has 7 heteroatoms. The number of nitrogens with one attached hydrogen (secondary N) is 1. The Morgan fingerprint density at radius 2 is 2.12 bits per heavy atom. The SMILES string of the molecule is Cc1c(CNc2cccc(CC(=O)N(C)C)c2)cnn1CC(F)F. The van der Waals surface area contributed by atoms with Gasteiger partial charge in [-0.15, -0.1) is 0 Å². The molecule has 24 heavy (non-hydrogen) atoms. The van der Waals surface area contributed by atoms with Gasteiger partial charge in [-0.2, -0.15) is 5.10 Å². The van der Waals surface area contributed by atoms with E-state index in [-0.39, 0.29) is 5.91 Å². The van der Waals surface area contributed by atoms with E-state index in [2.05, 4.69) is 10.4 Å². The zero-order valence-electron chi connectivity index (χ0n) is 14.1. The second kappa shape index (κ2) is 7.90. The van der Waals surface area contributed by atoms with Crippen molar-refractivity contribution in [2.75, 3.05) is 19.4 Å². The molecule has 1 amide bonds. The molecule has 0 atom stereocenters. The van der Waals surface area contributed by atoms with E-state index >= 15 is 0 Å². The van der Waals surface area contributed by atoms with Gasteiger partial charge in [0, 0.05) is 37.6 Å². The molecular formula is C17H22F2N4O. The van der Waals surface area contributed by atoms with Crippen molar-refractivity contribution in [3.05, 3.63) is 47.3 Å². The first kappa shape index (κ1) is 17.9. The number of hydrogen-bond donors (Lipinski definition) is 1. The van der Waals surface area contributed by atoms with Crippen molar-refractivity contribution in [2.24, 2.45) is 0 Å². The molecule has 1 heterocycles. The molecule has 5 nitrogen and oxygen atoms in total. The van der Waals surface area contributed by atoms with Crippen molar-refractivity contribution in [1.29, 1.82) is 0 Å². The Hall–Kier alpha value is -2.44. The number of hydrogen-bond acceptors (Lipinski definition) is 3. The molecule has 130 valence electrons. The molecule has 0 aliphatic rings. The van der Waals surface area contributed by atoms with Crippen LogP contribution in [0.15, 0.2) is 30.5 Å². The lowest BCUT2D eigenvalue weighted by molar-refractivity contribution is -0.127. The molecule has 1 aromatic heterocycles. The van der Waals surface area contributed by atoms with Crippen LogP contribution in [-0.2, 0) is 24.3 Å². The number of aromatic nitrogens is 2. The van der Waals surface area contributed by atoms with Crippen LogP contribution >= 0.6 is 0 Å². The molecule has 0 fully saturated rings. The van der Waals surface area contributed by atoms with Crippen LogP contribution in [-0.4, -0.2) is 41.1 Å². The van der Waals surface area contributed by atoms with Crippen LogP contribution in [0.2, 0.25) is 0 Å². The number of likely N-dealkylation sites (N-methyl/N-ethyl adjacent to an activating group) is 1. The van der Waals surface area contributed by atoms with Gasteiger partial charge in [-0.1, -0.05) is 12.1 Å². The number of alkyl halides is 2. The lowest BCUT2D eigenvalue weighted by Crippen LogP contribution is -2.23. The average molecular weight is 336 g/mol. The van der Waals surface area contributed by atoms with Gasteiger partial charge in [0.2, 0.25) is 5.91 Å². The van der Waals surface area contributed by atoms with Crippen LogP contribution in [0.25, 0.3) is 0 Å². The monoisotopic (exact) mass is 336 g/mol. The highest BCUT2D eigenvalue weighted by atomic mass is 19.3. The summed E-state index contributed by atoms with van der Waals surface area (Å²) < 4.78 is 26.2. The van der Waals surface area contributed by atoms with E-state index in [4.69, 9.17) is 0 Å². The Bertz CT molecular complexity index is 698. The Labute approximate surface area is 140 Å². The van der Waals surface area contributed by atoms with Crippen molar-refractivity contribution in [2.45, 2.75) is 32.9 Å². The van der Waals surface area contributed by atoms with Crippen molar-refractivity contribution >= 4 is 11.6 Å². The molecular weight excluding hydrogens is 314 g/mol. The molecule has 1 aromatic carbocycles. The Morgan fingerprint density at radius 1 is 1.38 bits per heavy atom. The minimum Gasteiger partial charge on any atom is -0.381 e. The van der Waals surface area contributed by atoms with Gasteiger partial charge >= 0.3 is 0 Å². The average Bonchev–Trinajstić information content (AvgIpc) is 2.85. The topological polar surface area (TPSA) is 50.2 Å². The third-order valence-electron chi connectivity index (χ3n) is 3.78. The van der Waals surface area contributed by atoms with Crippen LogP contribution < -0.4 is 5.32 Å². The molecule has 0 aliphatic heterocycles. The lowest BCUT2D eigenvalue weighted by atomic mass is 10.1. The molecule has 1 N–H and O–H groups in total. The van der Waals surface area contributed by atoms with Crippen LogP contribution in [0, 0.1) is 6.92 Å². The second-order valence-corrected chi connectivity index (χ2v) is 5.85. The van der Waals surface area contributed by atoms with Gasteiger partial charge in [0.1, 0.15) is 6.54 Å². The molecule has 0 unspecified atom stereocenters. The maximum atomic E-state index is 12.5. The predicted octanol–water partition coefficient (Wildman–Crippen LogP) is 2.70. The summed E-state index contributed by atoms with van der Waals surface area (Å²) in [6, 6.07) is 7.61. The number of anilines is 1. The Morgan fingerprint density at radius 3 is 2.79 bits per heavy atom. The van der Waals surface area contributed by atoms with Gasteiger partial charge in [-0.05, 0) is 24.6 Å². The first-order valence-electron chi connectivity index (χ1n) is 7.69. The first-order valence-corrected chi connectivity index (χ1v) is 7.69. The van der Waals surface area contributed by atoms with E-state index < -0.39 is 13.0 Å². The van der Waals surface area contributed by atoms with Crippen molar-refractivity contribution in [3.63, 3.8) is 0 Å². The zero-order valence-corrected chi connectivity index (χ0v) is 14.1. The summed E-state index contributed by atoms with van der Waals surface area (Å²) in [6.07, 6.45) is -0.479. The minimum atomic E-state index is -2.42. The summed E-state index contributed by atoms with van der Waals surface area (Å²) >= 11 is 0. The predicted molar refractivity (Wildman–Crippen MR) is 89.1 cm³/mol. The van der Waals surface area contributed by atoms with E-state index in [0.717, 1.165) is 22.5 Å². The highest BCUT2D eigenvalue weighted by Gasteiger charge is 2.11. The normalized spacial score (nSPS) is 10.9. The fourth-order valence-corrected chi connectivity index (χ4v) is 2.29. The molecule has 0 radical (unpaired) electrons. The van der Waals surface area contributed by atoms with E-state index in [1.54, 1.807) is 32.1 Å². The lowest BCUT2D eigenvalue weighted by Gasteiger charge is -2.12. The number of carbonyl (C=O) groups excluding carboxylic acids is 1. The van der Waals surface area contributed by atoms with Crippen LogP contribution in [0.1, 0.15) is 16.8 Å². The molecule has 2 rings (SSSR count). The van der Waals surface area contributed by atoms with Gasteiger partial charge in [-0.3, -0.25) is 9.48 Å². The maximum absolute atomic E-state index is 12.5. The van der Waals surface area contributed by atoms with Gasteiger partial charge in [0.25, 0.3) is 6.43 Å². The fourth-order valence-electron chi connectivity index (χ4n) is 2.29. The number of halogens is 2. The first-order chi connectivity index (χ1) is 11.4. The summed E-state index contributed by atoms with van der Waals surface area (Å²) in [5, 5.41) is 7.24. The van der Waals surface area contributed by atoms with Gasteiger partial charge < -0.3 is 10.2 Å². The number of benzene rings is 1. The molecule has 0 bridgehead atoms. The van der Waals surface area contributed by atoms with E-state index in [9.17, 15) is 13.6 Å². The summed E-state index contributed by atoms with van der Waals surface area (Å²) in [5.74, 6) is 0.0382. The highest BCUT2D eigenvalue weighted by Crippen LogP contribution is 2.15. The van der Waals surface area contributed by atoms with E-state index in [1.807, 2.05) is 24.3 Å². The molecule has 0 aliphatic carbocycles. The van der Waals surface area contributed by atoms with Crippen LogP contribution in [0.5, 0.6) is 0 Å². The molecule has 2 aromatic rings. The van der Waals surface area contributed by atoms with Crippen LogP contribution in [0.3, 0.4) is 0 Å². The number of amides is 1. The third-order valence-corrected chi connectivity index (χ3v) is 3.78. The van der Waals surface area contributed by atoms with E-state index in [0.29, 0.717) is 13.0 Å². The molecule has 0 spiro atoms. The largest absolute Gasteiger partial charge is 0.381 e.